The topological polar surface area (TPSA) is 82.2 Å². The van der Waals surface area contributed by atoms with Gasteiger partial charge in [-0.25, -0.2) is 4.98 Å². The minimum Gasteiger partial charge on any atom is -0.342 e. The van der Waals surface area contributed by atoms with Gasteiger partial charge in [-0.2, -0.15) is 0 Å². The smallest absolute Gasteiger partial charge is 0.254 e. The molecule has 2 aliphatic rings. The summed E-state index contributed by atoms with van der Waals surface area (Å²) in [6, 6.07) is 9.56. The average Bonchev–Trinajstić information content (AvgIpc) is 3.46. The third-order valence-electron chi connectivity index (χ3n) is 6.62. The Morgan fingerprint density at radius 2 is 1.94 bits per heavy atom. The van der Waals surface area contributed by atoms with Gasteiger partial charge in [0.15, 0.2) is 0 Å². The van der Waals surface area contributed by atoms with E-state index >= 15 is 0 Å². The van der Waals surface area contributed by atoms with E-state index in [1.807, 2.05) is 47.1 Å². The van der Waals surface area contributed by atoms with Gasteiger partial charge in [0.05, 0.1) is 23.1 Å². The Morgan fingerprint density at radius 3 is 2.77 bits per heavy atom. The molecule has 2 aromatic heterocycles. The van der Waals surface area contributed by atoms with Crippen LogP contribution in [0.4, 0.5) is 0 Å². The summed E-state index contributed by atoms with van der Waals surface area (Å²) in [6.07, 6.45) is 6.13. The Labute approximate surface area is 181 Å². The van der Waals surface area contributed by atoms with Crippen LogP contribution >= 0.6 is 0 Å². The van der Waals surface area contributed by atoms with Crippen molar-refractivity contribution in [3.63, 3.8) is 0 Å². The van der Waals surface area contributed by atoms with Gasteiger partial charge in [0.25, 0.3) is 5.91 Å². The monoisotopic (exact) mass is 417 g/mol. The number of pyridine rings is 1. The Hall–Kier alpha value is -3.22. The number of benzene rings is 1. The summed E-state index contributed by atoms with van der Waals surface area (Å²) in [5.74, 6) is 1.22. The van der Waals surface area contributed by atoms with Crippen molar-refractivity contribution in [2.45, 2.75) is 32.1 Å². The molecular weight excluding hydrogens is 390 g/mol. The van der Waals surface area contributed by atoms with E-state index in [2.05, 4.69) is 9.97 Å². The fourth-order valence-corrected chi connectivity index (χ4v) is 4.86. The third-order valence-corrected chi connectivity index (χ3v) is 6.62. The molecule has 0 spiro atoms. The van der Waals surface area contributed by atoms with E-state index in [0.717, 1.165) is 53.8 Å². The van der Waals surface area contributed by atoms with Crippen molar-refractivity contribution in [1.82, 2.24) is 24.8 Å². The van der Waals surface area contributed by atoms with Gasteiger partial charge < -0.3 is 14.8 Å². The van der Waals surface area contributed by atoms with Crippen molar-refractivity contribution in [3.8, 4) is 0 Å². The summed E-state index contributed by atoms with van der Waals surface area (Å²) >= 11 is 0. The van der Waals surface area contributed by atoms with Gasteiger partial charge >= 0.3 is 0 Å². The highest BCUT2D eigenvalue weighted by Crippen LogP contribution is 2.29. The summed E-state index contributed by atoms with van der Waals surface area (Å²) in [6.45, 7) is 4.59. The van der Waals surface area contributed by atoms with Crippen LogP contribution in [0.25, 0.3) is 11.0 Å². The van der Waals surface area contributed by atoms with Crippen molar-refractivity contribution >= 4 is 22.8 Å². The normalized spacial score (nSPS) is 21.6. The molecule has 5 rings (SSSR count). The number of hydrogen-bond acceptors (Lipinski definition) is 4. The first-order valence-corrected chi connectivity index (χ1v) is 11.0. The summed E-state index contributed by atoms with van der Waals surface area (Å²) < 4.78 is 0. The van der Waals surface area contributed by atoms with E-state index < -0.39 is 0 Å². The molecule has 3 aromatic rings. The summed E-state index contributed by atoms with van der Waals surface area (Å²) in [7, 11) is 0. The first kappa shape index (κ1) is 19.7. The predicted octanol–water partition coefficient (Wildman–Crippen LogP) is 3.13. The molecule has 160 valence electrons. The van der Waals surface area contributed by atoms with Crippen molar-refractivity contribution < 1.29 is 9.59 Å². The van der Waals surface area contributed by atoms with Gasteiger partial charge in [-0.15, -0.1) is 0 Å². The molecule has 0 aliphatic carbocycles. The molecule has 2 saturated heterocycles. The molecule has 0 bridgehead atoms. The first-order valence-electron chi connectivity index (χ1n) is 11.0. The molecule has 0 saturated carbocycles. The van der Waals surface area contributed by atoms with Crippen LogP contribution in [0.3, 0.4) is 0 Å². The second-order valence-corrected chi connectivity index (χ2v) is 8.69. The largest absolute Gasteiger partial charge is 0.342 e. The van der Waals surface area contributed by atoms with E-state index in [1.54, 1.807) is 12.4 Å². The molecule has 1 aromatic carbocycles. The molecule has 0 radical (unpaired) electrons. The molecule has 2 aliphatic heterocycles. The summed E-state index contributed by atoms with van der Waals surface area (Å²) in [5.41, 5.74) is 3.55. The number of piperidine rings is 1. The van der Waals surface area contributed by atoms with Crippen LogP contribution in [0.15, 0.2) is 42.7 Å². The fraction of sp³-hybridized carbons (Fsp3) is 0.417. The maximum Gasteiger partial charge on any atom is 0.254 e. The van der Waals surface area contributed by atoms with Crippen LogP contribution in [-0.4, -0.2) is 62.7 Å². The standard InChI is InChI=1S/C24H27N5O2/c1-16-5-2-3-7-19(16)24(31)28-11-4-6-18(15-28)23(30)29-12-9-17(14-29)22-26-20-8-10-25-13-21(20)27-22/h2-3,5,7-8,10,13,17-18H,4,6,9,11-12,14-15H2,1H3,(H,26,27). The fourth-order valence-electron chi connectivity index (χ4n) is 4.86. The number of H-pyrrole nitrogens is 1. The first-order chi connectivity index (χ1) is 15.1. The molecule has 4 heterocycles. The zero-order valence-electron chi connectivity index (χ0n) is 17.8. The van der Waals surface area contributed by atoms with Gasteiger partial charge in [-0.3, -0.25) is 14.6 Å². The molecule has 2 fully saturated rings. The van der Waals surface area contributed by atoms with Crippen molar-refractivity contribution in [2.24, 2.45) is 5.92 Å². The lowest BCUT2D eigenvalue weighted by molar-refractivity contribution is -0.135. The molecule has 7 heteroatoms. The lowest BCUT2D eigenvalue weighted by atomic mass is 9.95. The molecule has 31 heavy (non-hydrogen) atoms. The zero-order valence-corrected chi connectivity index (χ0v) is 17.8. The number of nitrogens with one attached hydrogen (secondary N) is 1. The molecule has 2 atom stereocenters. The van der Waals surface area contributed by atoms with E-state index in [1.165, 1.54) is 0 Å². The Bertz CT molecular complexity index is 1090. The summed E-state index contributed by atoms with van der Waals surface area (Å²) in [4.78, 5) is 42.3. The van der Waals surface area contributed by atoms with E-state index in [9.17, 15) is 9.59 Å². The van der Waals surface area contributed by atoms with Crippen LogP contribution in [0.5, 0.6) is 0 Å². The highest BCUT2D eigenvalue weighted by Gasteiger charge is 2.36. The van der Waals surface area contributed by atoms with Crippen molar-refractivity contribution in [2.75, 3.05) is 26.2 Å². The number of hydrogen-bond donors (Lipinski definition) is 1. The average molecular weight is 418 g/mol. The van der Waals surface area contributed by atoms with Crippen molar-refractivity contribution in [3.05, 3.63) is 59.7 Å². The highest BCUT2D eigenvalue weighted by atomic mass is 16.2. The van der Waals surface area contributed by atoms with Gasteiger partial charge in [0, 0.05) is 43.9 Å². The van der Waals surface area contributed by atoms with Gasteiger partial charge in [-0.1, -0.05) is 18.2 Å². The van der Waals surface area contributed by atoms with Gasteiger partial charge in [-0.05, 0) is 43.9 Å². The second kappa shape index (κ2) is 8.13. The Balaban J connectivity index is 1.25. The van der Waals surface area contributed by atoms with Gasteiger partial charge in [0.2, 0.25) is 5.91 Å². The number of imidazole rings is 1. The number of aromatic amines is 1. The lowest BCUT2D eigenvalue weighted by Crippen LogP contribution is -2.46. The van der Waals surface area contributed by atoms with Gasteiger partial charge in [0.1, 0.15) is 5.82 Å². The van der Waals surface area contributed by atoms with Crippen LogP contribution in [-0.2, 0) is 4.79 Å². The predicted molar refractivity (Wildman–Crippen MR) is 118 cm³/mol. The number of carbonyl (C=O) groups is 2. The van der Waals surface area contributed by atoms with Crippen LogP contribution < -0.4 is 0 Å². The minimum atomic E-state index is -0.125. The number of likely N-dealkylation sites (tertiary alicyclic amines) is 2. The second-order valence-electron chi connectivity index (χ2n) is 8.69. The van der Waals surface area contributed by atoms with Crippen LogP contribution in [0.2, 0.25) is 0 Å². The zero-order chi connectivity index (χ0) is 21.4. The highest BCUT2D eigenvalue weighted by molar-refractivity contribution is 5.96. The number of carbonyl (C=O) groups excluding carboxylic acids is 2. The van der Waals surface area contributed by atoms with Crippen molar-refractivity contribution in [1.29, 1.82) is 0 Å². The number of nitrogens with zero attached hydrogens (tertiary/aromatic N) is 4. The Morgan fingerprint density at radius 1 is 1.06 bits per heavy atom. The Kier molecular flexibility index (Phi) is 5.18. The molecule has 7 nitrogen and oxygen atoms in total. The minimum absolute atomic E-state index is 0.0331. The molecule has 1 N–H and O–H groups in total. The molecule has 2 amide bonds. The summed E-state index contributed by atoms with van der Waals surface area (Å²) in [5, 5.41) is 0. The number of aromatic nitrogens is 3. The maximum atomic E-state index is 13.3. The molecular formula is C24H27N5O2. The maximum absolute atomic E-state index is 13.3. The lowest BCUT2D eigenvalue weighted by Gasteiger charge is -2.34. The number of fused-ring (bicyclic) bond motifs is 1. The third kappa shape index (κ3) is 3.80. The number of amides is 2. The number of aryl methyl sites for hydroxylation is 1. The quantitative estimate of drug-likeness (QED) is 0.710. The van der Waals surface area contributed by atoms with E-state index in [0.29, 0.717) is 19.6 Å². The SMILES string of the molecule is Cc1ccccc1C(=O)N1CCCC(C(=O)N2CCC(c3nc4ccncc4[nH]3)C2)C1. The van der Waals surface area contributed by atoms with E-state index in [-0.39, 0.29) is 23.7 Å². The number of rotatable bonds is 3. The van der Waals surface area contributed by atoms with Crippen LogP contribution in [0, 0.1) is 12.8 Å². The van der Waals surface area contributed by atoms with E-state index in [4.69, 9.17) is 4.98 Å². The van der Waals surface area contributed by atoms with Crippen LogP contribution in [0.1, 0.15) is 46.9 Å². The molecule has 2 unspecified atom stereocenters.